The third kappa shape index (κ3) is 3.35. The minimum Gasteiger partial charge on any atom is -0.341 e. The molecule has 142 valence electrons. The van der Waals surface area contributed by atoms with Gasteiger partial charge in [-0.3, -0.25) is 4.79 Å². The fourth-order valence-corrected chi connectivity index (χ4v) is 4.12. The number of hydrogen-bond acceptors (Lipinski definition) is 1. The molecule has 0 atom stereocenters. The van der Waals surface area contributed by atoms with Crippen LogP contribution >= 0.6 is 0 Å². The minimum absolute atomic E-state index is 0.0824. The van der Waals surface area contributed by atoms with Gasteiger partial charge in [-0.2, -0.15) is 0 Å². The first-order valence-corrected chi connectivity index (χ1v) is 10.4. The molecule has 4 rings (SSSR count). The smallest absolute Gasteiger partial charge is 0.193 e. The summed E-state index contributed by atoms with van der Waals surface area (Å²) in [5.74, 6) is 0.0824. The van der Waals surface area contributed by atoms with Gasteiger partial charge in [0, 0.05) is 39.5 Å². The van der Waals surface area contributed by atoms with Crippen molar-refractivity contribution in [1.29, 1.82) is 0 Å². The fourth-order valence-electron chi connectivity index (χ4n) is 4.12. The molecular weight excluding hydrogens is 342 g/mol. The summed E-state index contributed by atoms with van der Waals surface area (Å²) in [7, 11) is 0. The highest BCUT2D eigenvalue weighted by atomic mass is 16.1. The minimum atomic E-state index is 0.0824. The first-order chi connectivity index (χ1) is 13.7. The van der Waals surface area contributed by atoms with Crippen LogP contribution in [0.1, 0.15) is 54.6 Å². The Bertz CT molecular complexity index is 1120. The maximum absolute atomic E-state index is 12.9. The average Bonchev–Trinajstić information content (AvgIpc) is 3.06. The van der Waals surface area contributed by atoms with Gasteiger partial charge in [0.2, 0.25) is 0 Å². The van der Waals surface area contributed by atoms with Gasteiger partial charge < -0.3 is 4.57 Å². The topological polar surface area (TPSA) is 22.0 Å². The molecule has 0 radical (unpaired) electrons. The summed E-state index contributed by atoms with van der Waals surface area (Å²) in [5.41, 5.74) is 5.33. The van der Waals surface area contributed by atoms with Crippen molar-refractivity contribution < 1.29 is 4.79 Å². The fraction of sp³-hybridized carbons (Fsp3) is 0.269. The molecule has 0 fully saturated rings. The van der Waals surface area contributed by atoms with Crippen LogP contribution in [0.2, 0.25) is 0 Å². The van der Waals surface area contributed by atoms with E-state index in [2.05, 4.69) is 48.7 Å². The summed E-state index contributed by atoms with van der Waals surface area (Å²) in [6.45, 7) is 5.33. The second-order valence-electron chi connectivity index (χ2n) is 7.48. The molecule has 28 heavy (non-hydrogen) atoms. The van der Waals surface area contributed by atoms with Gasteiger partial charge in [0.05, 0.1) is 0 Å². The van der Waals surface area contributed by atoms with Crippen LogP contribution in [0.5, 0.6) is 0 Å². The number of fused-ring (bicyclic) bond motifs is 3. The maximum Gasteiger partial charge on any atom is 0.193 e. The molecule has 0 bridgehead atoms. The number of carbonyl (C=O) groups is 1. The Balaban J connectivity index is 1.82. The predicted molar refractivity (Wildman–Crippen MR) is 118 cm³/mol. The van der Waals surface area contributed by atoms with Crippen molar-refractivity contribution in [3.63, 3.8) is 0 Å². The van der Waals surface area contributed by atoms with E-state index in [0.29, 0.717) is 0 Å². The number of benzene rings is 3. The summed E-state index contributed by atoms with van der Waals surface area (Å²) < 4.78 is 2.34. The molecule has 2 heteroatoms. The second-order valence-corrected chi connectivity index (χ2v) is 7.48. The van der Waals surface area contributed by atoms with Crippen LogP contribution < -0.4 is 0 Å². The van der Waals surface area contributed by atoms with E-state index in [4.69, 9.17) is 0 Å². The van der Waals surface area contributed by atoms with Gasteiger partial charge in [-0.25, -0.2) is 0 Å². The van der Waals surface area contributed by atoms with Gasteiger partial charge in [0.25, 0.3) is 0 Å². The van der Waals surface area contributed by atoms with Crippen molar-refractivity contribution in [2.75, 3.05) is 0 Å². The lowest BCUT2D eigenvalue weighted by Gasteiger charge is -2.05. The Morgan fingerprint density at radius 1 is 0.786 bits per heavy atom. The van der Waals surface area contributed by atoms with Gasteiger partial charge >= 0.3 is 0 Å². The van der Waals surface area contributed by atoms with E-state index in [9.17, 15) is 4.79 Å². The zero-order chi connectivity index (χ0) is 19.5. The van der Waals surface area contributed by atoms with E-state index >= 15 is 0 Å². The van der Waals surface area contributed by atoms with Crippen LogP contribution in [-0.4, -0.2) is 10.4 Å². The molecule has 1 heterocycles. The van der Waals surface area contributed by atoms with Crippen LogP contribution in [0, 0.1) is 0 Å². The van der Waals surface area contributed by atoms with Crippen molar-refractivity contribution in [1.82, 2.24) is 4.57 Å². The third-order valence-electron chi connectivity index (χ3n) is 5.61. The lowest BCUT2D eigenvalue weighted by Crippen LogP contribution is -2.01. The van der Waals surface area contributed by atoms with Crippen LogP contribution in [-0.2, 0) is 13.0 Å². The van der Waals surface area contributed by atoms with E-state index < -0.39 is 0 Å². The highest BCUT2D eigenvalue weighted by Gasteiger charge is 2.14. The SMILES string of the molecule is CCCCCc1ccc2c(c1)c1cc(C(=O)c3ccccc3)ccc1n2CC. The van der Waals surface area contributed by atoms with Gasteiger partial charge in [-0.05, 0) is 55.7 Å². The Morgan fingerprint density at radius 3 is 2.21 bits per heavy atom. The Morgan fingerprint density at radius 2 is 1.50 bits per heavy atom. The lowest BCUT2D eigenvalue weighted by atomic mass is 10.00. The van der Waals surface area contributed by atoms with E-state index in [1.54, 1.807) is 0 Å². The first kappa shape index (κ1) is 18.5. The molecule has 0 saturated heterocycles. The number of carbonyl (C=O) groups excluding carboxylic acids is 1. The molecule has 0 unspecified atom stereocenters. The lowest BCUT2D eigenvalue weighted by molar-refractivity contribution is 0.103. The second kappa shape index (κ2) is 8.02. The highest BCUT2D eigenvalue weighted by Crippen LogP contribution is 2.31. The van der Waals surface area contributed by atoms with E-state index in [0.717, 1.165) is 24.1 Å². The molecular formula is C26H27NO. The molecule has 1 aromatic heterocycles. The van der Waals surface area contributed by atoms with E-state index in [-0.39, 0.29) is 5.78 Å². The average molecular weight is 370 g/mol. The molecule has 2 nitrogen and oxygen atoms in total. The Kier molecular flexibility index (Phi) is 5.29. The number of unbranched alkanes of at least 4 members (excludes halogenated alkanes) is 2. The standard InChI is InChI=1S/C26H27NO/c1-3-5-7-10-19-13-15-24-22(17-19)23-18-21(14-16-25(23)27(24)4-2)26(28)20-11-8-6-9-12-20/h6,8-9,11-18H,3-5,7,10H2,1-2H3. The van der Waals surface area contributed by atoms with Crippen molar-refractivity contribution >= 4 is 27.6 Å². The summed E-state index contributed by atoms with van der Waals surface area (Å²) in [6.07, 6.45) is 4.85. The quantitative estimate of drug-likeness (QED) is 0.260. The normalized spacial score (nSPS) is 11.4. The molecule has 0 aliphatic carbocycles. The number of aryl methyl sites for hydroxylation is 2. The number of aromatic nitrogens is 1. The van der Waals surface area contributed by atoms with Crippen LogP contribution in [0.3, 0.4) is 0 Å². The van der Waals surface area contributed by atoms with Gasteiger partial charge in [0.15, 0.2) is 5.78 Å². The number of rotatable bonds is 7. The number of nitrogens with zero attached hydrogens (tertiary/aromatic N) is 1. The molecule has 0 aliphatic rings. The largest absolute Gasteiger partial charge is 0.341 e. The molecule has 0 aliphatic heterocycles. The van der Waals surface area contributed by atoms with Crippen LogP contribution in [0.25, 0.3) is 21.8 Å². The molecule has 0 saturated carbocycles. The zero-order valence-corrected chi connectivity index (χ0v) is 16.7. The van der Waals surface area contributed by atoms with Gasteiger partial charge in [-0.1, -0.05) is 56.2 Å². The summed E-state index contributed by atoms with van der Waals surface area (Å²) in [4.78, 5) is 12.9. The van der Waals surface area contributed by atoms with Crippen molar-refractivity contribution in [3.8, 4) is 0 Å². The highest BCUT2D eigenvalue weighted by molar-refractivity contribution is 6.14. The molecule has 0 N–H and O–H groups in total. The Hall–Kier alpha value is -2.87. The van der Waals surface area contributed by atoms with Crippen LogP contribution in [0.15, 0.2) is 66.7 Å². The number of hydrogen-bond donors (Lipinski definition) is 0. The molecule has 4 aromatic rings. The molecule has 0 amide bonds. The van der Waals surface area contributed by atoms with E-state index in [1.807, 2.05) is 36.4 Å². The van der Waals surface area contributed by atoms with E-state index in [1.165, 1.54) is 46.6 Å². The van der Waals surface area contributed by atoms with Gasteiger partial charge in [0.1, 0.15) is 0 Å². The summed E-state index contributed by atoms with van der Waals surface area (Å²) in [6, 6.07) is 22.5. The zero-order valence-electron chi connectivity index (χ0n) is 16.7. The van der Waals surface area contributed by atoms with Crippen molar-refractivity contribution in [2.45, 2.75) is 46.1 Å². The summed E-state index contributed by atoms with van der Waals surface area (Å²) >= 11 is 0. The summed E-state index contributed by atoms with van der Waals surface area (Å²) in [5, 5.41) is 2.43. The van der Waals surface area contributed by atoms with Crippen molar-refractivity contribution in [2.24, 2.45) is 0 Å². The number of ketones is 1. The maximum atomic E-state index is 12.9. The molecule has 0 spiro atoms. The van der Waals surface area contributed by atoms with Crippen LogP contribution in [0.4, 0.5) is 0 Å². The Labute approximate surface area is 166 Å². The third-order valence-corrected chi connectivity index (χ3v) is 5.61. The van der Waals surface area contributed by atoms with Gasteiger partial charge in [-0.15, -0.1) is 0 Å². The monoisotopic (exact) mass is 369 g/mol. The van der Waals surface area contributed by atoms with Crippen molar-refractivity contribution in [3.05, 3.63) is 83.4 Å². The predicted octanol–water partition coefficient (Wildman–Crippen LogP) is 6.78. The first-order valence-electron chi connectivity index (χ1n) is 10.4. The molecule has 3 aromatic carbocycles.